The molecule has 4 nitrogen and oxygen atoms in total. The van der Waals surface area contributed by atoms with E-state index in [9.17, 15) is 4.79 Å². The van der Waals surface area contributed by atoms with Crippen LogP contribution in [0.1, 0.15) is 40.0 Å². The Morgan fingerprint density at radius 3 is 2.53 bits per heavy atom. The van der Waals surface area contributed by atoms with Crippen molar-refractivity contribution in [1.82, 2.24) is 4.90 Å². The predicted molar refractivity (Wildman–Crippen MR) is 57.5 cm³/mol. The van der Waals surface area contributed by atoms with Gasteiger partial charge in [-0.3, -0.25) is 4.90 Å². The largest absolute Gasteiger partial charge is 0.444 e. The summed E-state index contributed by atoms with van der Waals surface area (Å²) in [6.07, 6.45) is 2.82. The maximum Gasteiger partial charge on any atom is 0.410 e. The van der Waals surface area contributed by atoms with Crippen molar-refractivity contribution in [3.63, 3.8) is 0 Å². The molecule has 15 heavy (non-hydrogen) atoms. The molecule has 2 fully saturated rings. The molecule has 4 heteroatoms. The molecule has 86 valence electrons. The van der Waals surface area contributed by atoms with E-state index in [2.05, 4.69) is 0 Å². The molecule has 0 bridgehead atoms. The van der Waals surface area contributed by atoms with Crippen LogP contribution in [0.2, 0.25) is 0 Å². The van der Waals surface area contributed by atoms with Crippen LogP contribution in [0.4, 0.5) is 4.79 Å². The number of amides is 1. The van der Waals surface area contributed by atoms with Crippen molar-refractivity contribution in [1.29, 1.82) is 0 Å². The Kier molecular flexibility index (Phi) is 2.41. The first-order chi connectivity index (χ1) is 6.88. The highest BCUT2D eigenvalue weighted by Crippen LogP contribution is 2.40. The zero-order valence-electron chi connectivity index (χ0n) is 9.69. The van der Waals surface area contributed by atoms with Gasteiger partial charge in [0.1, 0.15) is 5.60 Å². The molecular formula is C11H20N2O2. The Bertz CT molecular complexity index is 272. The number of nitrogens with two attached hydrogens (primary N) is 1. The molecule has 1 saturated heterocycles. The van der Waals surface area contributed by atoms with E-state index in [-0.39, 0.29) is 12.1 Å². The van der Waals surface area contributed by atoms with Crippen LogP contribution in [0.15, 0.2) is 0 Å². The summed E-state index contributed by atoms with van der Waals surface area (Å²) in [5.41, 5.74) is 5.46. The van der Waals surface area contributed by atoms with Gasteiger partial charge >= 0.3 is 6.09 Å². The average Bonchev–Trinajstić information content (AvgIpc) is 2.73. The quantitative estimate of drug-likeness (QED) is 0.619. The Morgan fingerprint density at radius 1 is 1.33 bits per heavy atom. The van der Waals surface area contributed by atoms with Gasteiger partial charge in [0.15, 0.2) is 0 Å². The van der Waals surface area contributed by atoms with Crippen LogP contribution < -0.4 is 5.73 Å². The lowest BCUT2D eigenvalue weighted by atomic mass is 9.97. The summed E-state index contributed by atoms with van der Waals surface area (Å²) >= 11 is 0. The SMILES string of the molecule is CC(C)(C)OC(=O)N1[C@@H]2C[C@H](N)CC[C@@H]21. The number of ether oxygens (including phenoxy) is 1. The highest BCUT2D eigenvalue weighted by Gasteiger charge is 2.54. The minimum Gasteiger partial charge on any atom is -0.444 e. The third-order valence-corrected chi connectivity index (χ3v) is 3.05. The first kappa shape index (κ1) is 10.7. The zero-order valence-corrected chi connectivity index (χ0v) is 9.69. The molecule has 2 aliphatic rings. The smallest absolute Gasteiger partial charge is 0.410 e. The van der Waals surface area contributed by atoms with E-state index in [0.717, 1.165) is 19.3 Å². The van der Waals surface area contributed by atoms with E-state index in [1.54, 1.807) is 0 Å². The predicted octanol–water partition coefficient (Wildman–Crippen LogP) is 1.49. The molecule has 0 aromatic rings. The number of fused-ring (bicyclic) bond motifs is 1. The maximum atomic E-state index is 11.8. The summed E-state index contributed by atoms with van der Waals surface area (Å²) in [5.74, 6) is 0. The second-order valence-electron chi connectivity index (χ2n) is 5.60. The van der Waals surface area contributed by atoms with E-state index < -0.39 is 5.60 Å². The summed E-state index contributed by atoms with van der Waals surface area (Å²) in [7, 11) is 0. The molecule has 1 heterocycles. The molecular weight excluding hydrogens is 192 g/mol. The van der Waals surface area contributed by atoms with Gasteiger partial charge in [-0.05, 0) is 40.0 Å². The summed E-state index contributed by atoms with van der Waals surface area (Å²) in [6, 6.07) is 1.02. The Hall–Kier alpha value is -0.770. The lowest BCUT2D eigenvalue weighted by Gasteiger charge is -2.20. The fraction of sp³-hybridized carbons (Fsp3) is 0.909. The van der Waals surface area contributed by atoms with Gasteiger partial charge in [0.25, 0.3) is 0 Å². The monoisotopic (exact) mass is 212 g/mol. The van der Waals surface area contributed by atoms with Crippen LogP contribution in [0.25, 0.3) is 0 Å². The number of likely N-dealkylation sites (tertiary alicyclic amines) is 1. The highest BCUT2D eigenvalue weighted by molar-refractivity contribution is 5.72. The molecule has 2 N–H and O–H groups in total. The molecule has 1 aliphatic heterocycles. The molecule has 1 saturated carbocycles. The molecule has 0 unspecified atom stereocenters. The minimum atomic E-state index is -0.398. The maximum absolute atomic E-state index is 11.8. The van der Waals surface area contributed by atoms with Gasteiger partial charge in [-0.2, -0.15) is 0 Å². The molecule has 1 aliphatic carbocycles. The van der Waals surface area contributed by atoms with Crippen molar-refractivity contribution in [2.24, 2.45) is 5.73 Å². The molecule has 3 atom stereocenters. The number of hydrogen-bond donors (Lipinski definition) is 1. The standard InChI is InChI=1S/C11H20N2O2/c1-11(2,3)15-10(14)13-8-5-4-7(12)6-9(8)13/h7-9H,4-6,12H2,1-3H3/t7-,8+,9-,13?/m1/s1. The number of nitrogens with zero attached hydrogens (tertiary/aromatic N) is 1. The van der Waals surface area contributed by atoms with Crippen LogP contribution in [-0.2, 0) is 4.74 Å². The third-order valence-electron chi connectivity index (χ3n) is 3.05. The van der Waals surface area contributed by atoms with E-state index in [1.165, 1.54) is 0 Å². The van der Waals surface area contributed by atoms with Crippen LogP contribution in [-0.4, -0.2) is 34.7 Å². The minimum absolute atomic E-state index is 0.174. The molecule has 1 amide bonds. The third kappa shape index (κ3) is 2.25. The second-order valence-corrected chi connectivity index (χ2v) is 5.60. The summed E-state index contributed by atoms with van der Waals surface area (Å²) in [5, 5.41) is 0. The lowest BCUT2D eigenvalue weighted by Crippen LogP contribution is -2.29. The van der Waals surface area contributed by atoms with E-state index >= 15 is 0 Å². The van der Waals surface area contributed by atoms with Crippen molar-refractivity contribution < 1.29 is 9.53 Å². The fourth-order valence-corrected chi connectivity index (χ4v) is 2.34. The number of carbonyl (C=O) groups excluding carboxylic acids is 1. The van der Waals surface area contributed by atoms with Gasteiger partial charge in [-0.1, -0.05) is 0 Å². The van der Waals surface area contributed by atoms with E-state index in [0.29, 0.717) is 12.1 Å². The molecule has 0 radical (unpaired) electrons. The van der Waals surface area contributed by atoms with E-state index in [4.69, 9.17) is 10.5 Å². The first-order valence-electron chi connectivity index (χ1n) is 5.65. The van der Waals surface area contributed by atoms with Crippen LogP contribution >= 0.6 is 0 Å². The van der Waals surface area contributed by atoms with Crippen LogP contribution in [0.3, 0.4) is 0 Å². The average molecular weight is 212 g/mol. The number of rotatable bonds is 0. The Morgan fingerprint density at radius 2 is 2.00 bits per heavy atom. The first-order valence-corrected chi connectivity index (χ1v) is 5.65. The zero-order chi connectivity index (χ0) is 11.2. The van der Waals surface area contributed by atoms with Gasteiger partial charge in [0.2, 0.25) is 0 Å². The van der Waals surface area contributed by atoms with Crippen molar-refractivity contribution >= 4 is 6.09 Å². The van der Waals surface area contributed by atoms with Crippen molar-refractivity contribution in [3.05, 3.63) is 0 Å². The molecule has 0 spiro atoms. The van der Waals surface area contributed by atoms with Gasteiger partial charge in [-0.15, -0.1) is 0 Å². The second kappa shape index (κ2) is 3.37. The molecule has 0 aromatic heterocycles. The lowest BCUT2D eigenvalue weighted by molar-refractivity contribution is 0.0394. The van der Waals surface area contributed by atoms with Gasteiger partial charge < -0.3 is 10.5 Å². The van der Waals surface area contributed by atoms with Crippen molar-refractivity contribution in [3.8, 4) is 0 Å². The molecule has 2 rings (SSSR count). The van der Waals surface area contributed by atoms with Crippen LogP contribution in [0.5, 0.6) is 0 Å². The van der Waals surface area contributed by atoms with Crippen molar-refractivity contribution in [2.75, 3.05) is 0 Å². The van der Waals surface area contributed by atoms with Crippen LogP contribution in [0, 0.1) is 0 Å². The number of hydrogen-bond acceptors (Lipinski definition) is 3. The molecule has 0 aromatic carbocycles. The number of carbonyl (C=O) groups is 1. The topological polar surface area (TPSA) is 55.3 Å². The summed E-state index contributed by atoms with van der Waals surface area (Å²) < 4.78 is 5.33. The van der Waals surface area contributed by atoms with Crippen molar-refractivity contribution in [2.45, 2.75) is 63.8 Å². The normalized spacial score (nSPS) is 34.7. The van der Waals surface area contributed by atoms with Gasteiger partial charge in [-0.25, -0.2) is 4.79 Å². The fourth-order valence-electron chi connectivity index (χ4n) is 2.34. The van der Waals surface area contributed by atoms with Gasteiger partial charge in [0.05, 0.1) is 12.1 Å². The van der Waals surface area contributed by atoms with E-state index in [1.807, 2.05) is 25.7 Å². The highest BCUT2D eigenvalue weighted by atomic mass is 16.6. The Labute approximate surface area is 90.8 Å². The summed E-state index contributed by atoms with van der Waals surface area (Å²) in [4.78, 5) is 13.6. The summed E-state index contributed by atoms with van der Waals surface area (Å²) in [6.45, 7) is 5.68. The van der Waals surface area contributed by atoms with Gasteiger partial charge in [0, 0.05) is 6.04 Å². The Balaban J connectivity index is 1.89.